The molecule has 4 nitrogen and oxygen atoms in total. The zero-order valence-electron chi connectivity index (χ0n) is 18.7. The van der Waals surface area contributed by atoms with Gasteiger partial charge in [-0.3, -0.25) is 0 Å². The Bertz CT molecular complexity index is 974. The van der Waals surface area contributed by atoms with Crippen molar-refractivity contribution in [3.63, 3.8) is 0 Å². The first-order chi connectivity index (χ1) is 14.5. The van der Waals surface area contributed by atoms with Gasteiger partial charge in [0.25, 0.3) is 0 Å². The molecule has 0 fully saturated rings. The number of rotatable bonds is 9. The van der Waals surface area contributed by atoms with E-state index < -0.39 is 0 Å². The first kappa shape index (κ1) is 22.3. The maximum absolute atomic E-state index is 5.89. The molecule has 3 rings (SSSR count). The van der Waals surface area contributed by atoms with Gasteiger partial charge in [-0.15, -0.1) is 0 Å². The molecule has 0 aliphatic heterocycles. The Balaban J connectivity index is 1.77. The molecule has 0 spiro atoms. The summed E-state index contributed by atoms with van der Waals surface area (Å²) in [5, 5.41) is 5.58. The van der Waals surface area contributed by atoms with E-state index in [1.165, 1.54) is 47.2 Å². The molecule has 3 aromatic rings. The number of benzene rings is 2. The van der Waals surface area contributed by atoms with Crippen molar-refractivity contribution in [2.24, 2.45) is 0 Å². The molecule has 160 valence electrons. The van der Waals surface area contributed by atoms with E-state index in [9.17, 15) is 0 Å². The molecule has 5 heteroatoms. The van der Waals surface area contributed by atoms with Gasteiger partial charge in [-0.05, 0) is 68.7 Å². The lowest BCUT2D eigenvalue weighted by Gasteiger charge is -2.27. The van der Waals surface area contributed by atoms with Crippen LogP contribution in [0.15, 0.2) is 48.7 Å². The number of aromatic amines is 1. The highest BCUT2D eigenvalue weighted by Gasteiger charge is 2.15. The highest BCUT2D eigenvalue weighted by molar-refractivity contribution is 7.80. The van der Waals surface area contributed by atoms with Crippen LogP contribution in [0.2, 0.25) is 0 Å². The summed E-state index contributed by atoms with van der Waals surface area (Å²) in [5.41, 5.74) is 6.00. The average Bonchev–Trinajstić information content (AvgIpc) is 3.16. The summed E-state index contributed by atoms with van der Waals surface area (Å²) < 4.78 is 0. The number of anilines is 1. The number of nitrogens with zero attached hydrogens (tertiary/aromatic N) is 1. The molecule has 3 N–H and O–H groups in total. The first-order valence-corrected chi connectivity index (χ1v) is 11.4. The van der Waals surface area contributed by atoms with E-state index >= 15 is 0 Å². The molecule has 2 aromatic carbocycles. The van der Waals surface area contributed by atoms with Crippen molar-refractivity contribution < 1.29 is 4.90 Å². The molecule has 0 radical (unpaired) electrons. The summed E-state index contributed by atoms with van der Waals surface area (Å²) in [6.45, 7) is 14.0. The van der Waals surface area contributed by atoms with Crippen LogP contribution in [0.4, 0.5) is 5.69 Å². The zero-order valence-corrected chi connectivity index (χ0v) is 19.5. The van der Waals surface area contributed by atoms with Gasteiger partial charge in [0.1, 0.15) is 0 Å². The van der Waals surface area contributed by atoms with Crippen molar-refractivity contribution in [3.05, 3.63) is 65.4 Å². The molecular formula is C25H35N4S+. The van der Waals surface area contributed by atoms with E-state index in [0.717, 1.165) is 30.3 Å². The molecule has 0 bridgehead atoms. The maximum Gasteiger partial charge on any atom is 0.173 e. The summed E-state index contributed by atoms with van der Waals surface area (Å²) in [6, 6.07) is 14.9. The van der Waals surface area contributed by atoms with Crippen LogP contribution in [0.3, 0.4) is 0 Å². The second-order valence-electron chi connectivity index (χ2n) is 8.09. The van der Waals surface area contributed by atoms with E-state index in [1.807, 2.05) is 0 Å². The molecule has 0 aliphatic carbocycles. The van der Waals surface area contributed by atoms with Gasteiger partial charge in [0.15, 0.2) is 5.11 Å². The fraction of sp³-hybridized carbons (Fsp3) is 0.400. The Kier molecular flexibility index (Phi) is 7.88. The number of quaternary nitrogens is 1. The minimum atomic E-state index is 0.795. The lowest BCUT2D eigenvalue weighted by molar-refractivity contribution is -0.896. The smallest absolute Gasteiger partial charge is 0.173 e. The van der Waals surface area contributed by atoms with Crippen molar-refractivity contribution in [1.29, 1.82) is 0 Å². The molecule has 0 saturated heterocycles. The van der Waals surface area contributed by atoms with Crippen LogP contribution < -0.4 is 10.2 Å². The number of thiocarbonyl (C=S) groups is 1. The molecular weight excluding hydrogens is 388 g/mol. The van der Waals surface area contributed by atoms with Gasteiger partial charge in [0.2, 0.25) is 0 Å². The molecule has 0 aliphatic rings. The number of nitrogens with one attached hydrogen (secondary N) is 3. The van der Waals surface area contributed by atoms with Gasteiger partial charge < -0.3 is 20.1 Å². The third-order valence-corrected chi connectivity index (χ3v) is 6.28. The normalized spacial score (nSPS) is 11.2. The Morgan fingerprint density at radius 1 is 1.10 bits per heavy atom. The highest BCUT2D eigenvalue weighted by Crippen LogP contribution is 2.21. The molecule has 1 heterocycles. The number of H-pyrrole nitrogens is 1. The topological polar surface area (TPSA) is 35.5 Å². The summed E-state index contributed by atoms with van der Waals surface area (Å²) in [4.78, 5) is 7.35. The number of hydrogen-bond acceptors (Lipinski definition) is 1. The Hall–Kier alpha value is -2.37. The van der Waals surface area contributed by atoms with Crippen molar-refractivity contribution in [3.8, 4) is 0 Å². The quantitative estimate of drug-likeness (QED) is 0.449. The van der Waals surface area contributed by atoms with Gasteiger partial charge in [0.05, 0.1) is 19.6 Å². The fourth-order valence-electron chi connectivity index (χ4n) is 3.91. The summed E-state index contributed by atoms with van der Waals surface area (Å²) >= 11 is 5.89. The van der Waals surface area contributed by atoms with Crippen molar-refractivity contribution in [2.45, 2.75) is 40.7 Å². The van der Waals surface area contributed by atoms with Crippen molar-refractivity contribution in [2.75, 3.05) is 31.5 Å². The van der Waals surface area contributed by atoms with Crippen LogP contribution in [0.1, 0.15) is 37.0 Å². The lowest BCUT2D eigenvalue weighted by Crippen LogP contribution is -3.11. The highest BCUT2D eigenvalue weighted by atomic mass is 32.1. The van der Waals surface area contributed by atoms with Gasteiger partial charge in [0, 0.05) is 42.3 Å². The summed E-state index contributed by atoms with van der Waals surface area (Å²) in [7, 11) is 0. The van der Waals surface area contributed by atoms with Crippen LogP contribution in [-0.4, -0.2) is 41.2 Å². The number of aryl methyl sites for hydroxylation is 2. The second-order valence-corrected chi connectivity index (χ2v) is 8.48. The third kappa shape index (κ3) is 5.61. The minimum Gasteiger partial charge on any atom is -0.361 e. The molecule has 30 heavy (non-hydrogen) atoms. The Morgan fingerprint density at radius 3 is 2.63 bits per heavy atom. The van der Waals surface area contributed by atoms with Gasteiger partial charge >= 0.3 is 0 Å². The fourth-order valence-corrected chi connectivity index (χ4v) is 4.17. The van der Waals surface area contributed by atoms with Gasteiger partial charge in [-0.2, -0.15) is 0 Å². The maximum atomic E-state index is 5.89. The number of fused-ring (bicyclic) bond motifs is 1. The van der Waals surface area contributed by atoms with Gasteiger partial charge in [-0.1, -0.05) is 30.3 Å². The molecule has 1 aromatic heterocycles. The number of para-hydroxylation sites is 1. The predicted molar refractivity (Wildman–Crippen MR) is 132 cm³/mol. The van der Waals surface area contributed by atoms with Crippen molar-refractivity contribution >= 4 is 33.9 Å². The number of hydrogen-bond donors (Lipinski definition) is 3. The Morgan fingerprint density at radius 2 is 1.87 bits per heavy atom. The predicted octanol–water partition coefficient (Wildman–Crippen LogP) is 4.30. The lowest BCUT2D eigenvalue weighted by atomic mass is 10.1. The van der Waals surface area contributed by atoms with Crippen LogP contribution in [0, 0.1) is 13.8 Å². The van der Waals surface area contributed by atoms with Crippen LogP contribution in [0.25, 0.3) is 10.9 Å². The van der Waals surface area contributed by atoms with E-state index in [4.69, 9.17) is 12.2 Å². The summed E-state index contributed by atoms with van der Waals surface area (Å²) in [5.74, 6) is 0. The minimum absolute atomic E-state index is 0.795. The van der Waals surface area contributed by atoms with Crippen LogP contribution in [-0.2, 0) is 6.54 Å². The largest absolute Gasteiger partial charge is 0.361 e. The average molecular weight is 424 g/mol. The van der Waals surface area contributed by atoms with E-state index in [-0.39, 0.29) is 0 Å². The summed E-state index contributed by atoms with van der Waals surface area (Å²) in [6.07, 6.45) is 3.24. The second kappa shape index (κ2) is 10.6. The monoisotopic (exact) mass is 423 g/mol. The van der Waals surface area contributed by atoms with Crippen molar-refractivity contribution in [1.82, 2.24) is 9.88 Å². The Labute approximate surface area is 186 Å². The SMILES string of the molecule is CC[NH+](CC)CCCN(Cc1c[nH]c2ccccc12)C(=S)Nc1cc(C)ccc1C. The van der Waals surface area contributed by atoms with Crippen LogP contribution >= 0.6 is 12.2 Å². The molecule has 0 unspecified atom stereocenters. The molecule has 0 saturated carbocycles. The van der Waals surface area contributed by atoms with E-state index in [1.54, 1.807) is 4.90 Å². The first-order valence-electron chi connectivity index (χ1n) is 11.0. The van der Waals surface area contributed by atoms with E-state index in [0.29, 0.717) is 0 Å². The standard InChI is InChI=1S/C25H34N4S/c1-5-28(6-2)14-9-15-29(18-21-17-26-23-11-8-7-10-22(21)23)25(30)27-24-16-19(3)12-13-20(24)4/h7-8,10-13,16-17,26H,5-6,9,14-15,18H2,1-4H3,(H,27,30)/p+1. The zero-order chi connectivity index (χ0) is 21.5. The molecule has 0 atom stereocenters. The molecule has 0 amide bonds. The number of aromatic nitrogens is 1. The van der Waals surface area contributed by atoms with Gasteiger partial charge in [-0.25, -0.2) is 0 Å². The van der Waals surface area contributed by atoms with Crippen LogP contribution in [0.5, 0.6) is 0 Å². The van der Waals surface area contributed by atoms with E-state index in [2.05, 4.69) is 91.6 Å². The third-order valence-electron chi connectivity index (χ3n) is 5.92.